The molecule has 0 saturated heterocycles. The van der Waals surface area contributed by atoms with Crippen LogP contribution < -0.4 is 15.2 Å². The monoisotopic (exact) mass is 308 g/mol. The summed E-state index contributed by atoms with van der Waals surface area (Å²) in [5.74, 6) is 1.51. The number of nitrogens with zero attached hydrogens (tertiary/aromatic N) is 1. The van der Waals surface area contributed by atoms with Gasteiger partial charge in [-0.15, -0.1) is 0 Å². The molecule has 0 unspecified atom stereocenters. The number of aromatic nitrogens is 1. The Kier molecular flexibility index (Phi) is 4.04. The molecule has 0 spiro atoms. The van der Waals surface area contributed by atoms with Crippen molar-refractivity contribution in [1.82, 2.24) is 4.98 Å². The molecule has 1 aromatic heterocycles. The van der Waals surface area contributed by atoms with Gasteiger partial charge in [-0.2, -0.15) is 0 Å². The van der Waals surface area contributed by atoms with Gasteiger partial charge in [0.1, 0.15) is 18.1 Å². The summed E-state index contributed by atoms with van der Waals surface area (Å²) in [5, 5.41) is 0. The van der Waals surface area contributed by atoms with Gasteiger partial charge < -0.3 is 15.2 Å². The summed E-state index contributed by atoms with van der Waals surface area (Å²) in [7, 11) is 1.62. The molecular formula is C13H13BrN2O2. The van der Waals surface area contributed by atoms with Crippen LogP contribution in [0.3, 0.4) is 0 Å². The summed E-state index contributed by atoms with van der Waals surface area (Å²) in [6.07, 6.45) is 1.66. The van der Waals surface area contributed by atoms with Crippen molar-refractivity contribution >= 4 is 21.6 Å². The zero-order valence-electron chi connectivity index (χ0n) is 9.89. The Hall–Kier alpha value is -1.75. The first-order chi connectivity index (χ1) is 8.69. The fourth-order valence-corrected chi connectivity index (χ4v) is 1.93. The number of nitrogens with two attached hydrogens (primary N) is 1. The van der Waals surface area contributed by atoms with Crippen LogP contribution in [-0.2, 0) is 6.61 Å². The second-order valence-electron chi connectivity index (χ2n) is 3.67. The van der Waals surface area contributed by atoms with E-state index in [4.69, 9.17) is 15.2 Å². The SMILES string of the molecule is COc1ccc(OCc2cc(N)ccn2)c(Br)c1. The lowest BCUT2D eigenvalue weighted by atomic mass is 10.3. The third kappa shape index (κ3) is 3.13. The number of rotatable bonds is 4. The van der Waals surface area contributed by atoms with Crippen LogP contribution in [-0.4, -0.2) is 12.1 Å². The molecule has 0 aliphatic carbocycles. The number of nitrogen functional groups attached to an aromatic ring is 1. The van der Waals surface area contributed by atoms with E-state index in [9.17, 15) is 0 Å². The highest BCUT2D eigenvalue weighted by Gasteiger charge is 2.04. The predicted molar refractivity (Wildman–Crippen MR) is 73.7 cm³/mol. The van der Waals surface area contributed by atoms with Gasteiger partial charge in [-0.3, -0.25) is 4.98 Å². The summed E-state index contributed by atoms with van der Waals surface area (Å²) in [4.78, 5) is 4.17. The van der Waals surface area contributed by atoms with Gasteiger partial charge in [0.25, 0.3) is 0 Å². The number of anilines is 1. The van der Waals surface area contributed by atoms with Crippen LogP contribution >= 0.6 is 15.9 Å². The lowest BCUT2D eigenvalue weighted by Gasteiger charge is -2.09. The van der Waals surface area contributed by atoms with Gasteiger partial charge in [0.05, 0.1) is 17.3 Å². The van der Waals surface area contributed by atoms with Crippen molar-refractivity contribution in [2.24, 2.45) is 0 Å². The van der Waals surface area contributed by atoms with Gasteiger partial charge in [-0.25, -0.2) is 0 Å². The van der Waals surface area contributed by atoms with Crippen LogP contribution in [0.15, 0.2) is 41.0 Å². The molecule has 0 bridgehead atoms. The third-order valence-corrected chi connectivity index (χ3v) is 2.97. The van der Waals surface area contributed by atoms with Gasteiger partial charge in [0.15, 0.2) is 0 Å². The first kappa shape index (κ1) is 12.7. The number of ether oxygens (including phenoxy) is 2. The highest BCUT2D eigenvalue weighted by molar-refractivity contribution is 9.10. The van der Waals surface area contributed by atoms with E-state index in [1.54, 1.807) is 25.4 Å². The second kappa shape index (κ2) is 5.73. The molecule has 4 nitrogen and oxygen atoms in total. The summed E-state index contributed by atoms with van der Waals surface area (Å²) in [5.41, 5.74) is 7.14. The fraction of sp³-hybridized carbons (Fsp3) is 0.154. The van der Waals surface area contributed by atoms with Crippen LogP contribution in [0.4, 0.5) is 5.69 Å². The third-order valence-electron chi connectivity index (χ3n) is 2.36. The molecule has 5 heteroatoms. The molecule has 0 aliphatic rings. The standard InChI is InChI=1S/C13H13BrN2O2/c1-17-11-2-3-13(12(14)7-11)18-8-10-6-9(15)4-5-16-10/h2-7H,8H2,1H3,(H2,15,16). The maximum absolute atomic E-state index is 5.67. The molecular weight excluding hydrogens is 296 g/mol. The average molecular weight is 309 g/mol. The molecule has 18 heavy (non-hydrogen) atoms. The zero-order valence-corrected chi connectivity index (χ0v) is 11.5. The maximum atomic E-state index is 5.67. The minimum absolute atomic E-state index is 0.371. The van der Waals surface area contributed by atoms with Gasteiger partial charge in [0, 0.05) is 11.9 Å². The minimum atomic E-state index is 0.371. The molecule has 0 atom stereocenters. The predicted octanol–water partition coefficient (Wildman–Crippen LogP) is 3.01. The molecule has 1 aromatic carbocycles. The van der Waals surface area contributed by atoms with Crippen LogP contribution in [0, 0.1) is 0 Å². The Bertz CT molecular complexity index is 546. The maximum Gasteiger partial charge on any atom is 0.134 e. The number of pyridine rings is 1. The Morgan fingerprint density at radius 3 is 2.78 bits per heavy atom. The Balaban J connectivity index is 2.06. The molecule has 0 radical (unpaired) electrons. The number of halogens is 1. The number of methoxy groups -OCH3 is 1. The Morgan fingerprint density at radius 2 is 2.11 bits per heavy atom. The van der Waals surface area contributed by atoms with Gasteiger partial charge in [-0.05, 0) is 46.3 Å². The smallest absolute Gasteiger partial charge is 0.134 e. The van der Waals surface area contributed by atoms with Crippen molar-refractivity contribution in [1.29, 1.82) is 0 Å². The van der Waals surface area contributed by atoms with E-state index in [1.807, 2.05) is 18.2 Å². The largest absolute Gasteiger partial charge is 0.497 e. The molecule has 0 amide bonds. The Labute approximate surface area is 114 Å². The van der Waals surface area contributed by atoms with E-state index in [-0.39, 0.29) is 0 Å². The second-order valence-corrected chi connectivity index (χ2v) is 4.52. The van der Waals surface area contributed by atoms with Gasteiger partial charge >= 0.3 is 0 Å². The lowest BCUT2D eigenvalue weighted by molar-refractivity contribution is 0.298. The average Bonchev–Trinajstić information content (AvgIpc) is 2.37. The van der Waals surface area contributed by atoms with Crippen molar-refractivity contribution < 1.29 is 9.47 Å². The molecule has 2 rings (SSSR count). The summed E-state index contributed by atoms with van der Waals surface area (Å²) in [6, 6.07) is 9.06. The summed E-state index contributed by atoms with van der Waals surface area (Å²) >= 11 is 3.43. The van der Waals surface area contributed by atoms with Crippen molar-refractivity contribution in [2.75, 3.05) is 12.8 Å². The van der Waals surface area contributed by atoms with Crippen molar-refractivity contribution in [2.45, 2.75) is 6.61 Å². The fourth-order valence-electron chi connectivity index (χ4n) is 1.45. The van der Waals surface area contributed by atoms with Gasteiger partial charge in [-0.1, -0.05) is 0 Å². The van der Waals surface area contributed by atoms with Gasteiger partial charge in [0.2, 0.25) is 0 Å². The van der Waals surface area contributed by atoms with Crippen LogP contribution in [0.25, 0.3) is 0 Å². The highest BCUT2D eigenvalue weighted by Crippen LogP contribution is 2.29. The molecule has 0 fully saturated rings. The molecule has 2 N–H and O–H groups in total. The number of hydrogen-bond acceptors (Lipinski definition) is 4. The summed E-state index contributed by atoms with van der Waals surface area (Å²) < 4.78 is 11.6. The Morgan fingerprint density at radius 1 is 1.28 bits per heavy atom. The van der Waals surface area contributed by atoms with Crippen molar-refractivity contribution in [3.05, 3.63) is 46.7 Å². The van der Waals surface area contributed by atoms with Crippen LogP contribution in [0.2, 0.25) is 0 Å². The molecule has 2 aromatic rings. The van der Waals surface area contributed by atoms with Crippen LogP contribution in [0.5, 0.6) is 11.5 Å². The molecule has 94 valence electrons. The number of hydrogen-bond donors (Lipinski definition) is 1. The normalized spacial score (nSPS) is 10.1. The van der Waals surface area contributed by atoms with E-state index in [1.165, 1.54) is 0 Å². The highest BCUT2D eigenvalue weighted by atomic mass is 79.9. The van der Waals surface area contributed by atoms with E-state index < -0.39 is 0 Å². The van der Waals surface area contributed by atoms with Crippen molar-refractivity contribution in [3.63, 3.8) is 0 Å². The molecule has 1 heterocycles. The summed E-state index contributed by atoms with van der Waals surface area (Å²) in [6.45, 7) is 0.371. The topological polar surface area (TPSA) is 57.4 Å². The van der Waals surface area contributed by atoms with Crippen LogP contribution in [0.1, 0.15) is 5.69 Å². The quantitative estimate of drug-likeness (QED) is 0.943. The minimum Gasteiger partial charge on any atom is -0.497 e. The van der Waals surface area contributed by atoms with E-state index >= 15 is 0 Å². The van der Waals surface area contributed by atoms with E-state index in [2.05, 4.69) is 20.9 Å². The first-order valence-electron chi connectivity index (χ1n) is 5.36. The molecule has 0 aliphatic heterocycles. The van der Waals surface area contributed by atoms with E-state index in [0.717, 1.165) is 21.7 Å². The van der Waals surface area contributed by atoms with Crippen molar-refractivity contribution in [3.8, 4) is 11.5 Å². The molecule has 0 saturated carbocycles. The first-order valence-corrected chi connectivity index (χ1v) is 6.15. The number of benzene rings is 1. The zero-order chi connectivity index (χ0) is 13.0. The van der Waals surface area contributed by atoms with E-state index in [0.29, 0.717) is 12.3 Å². The lowest BCUT2D eigenvalue weighted by Crippen LogP contribution is -1.99.